The van der Waals surface area contributed by atoms with Crippen molar-refractivity contribution in [3.8, 4) is 0 Å². The van der Waals surface area contributed by atoms with Crippen LogP contribution >= 0.6 is 0 Å². The molecule has 104 valence electrons. The molecule has 1 aliphatic rings. The summed E-state index contributed by atoms with van der Waals surface area (Å²) >= 11 is 0. The number of carbonyl (C=O) groups excluding carboxylic acids is 1. The summed E-state index contributed by atoms with van der Waals surface area (Å²) in [5, 5.41) is 14.4. The van der Waals surface area contributed by atoms with Crippen molar-refractivity contribution in [2.24, 2.45) is 0 Å². The van der Waals surface area contributed by atoms with E-state index in [4.69, 9.17) is 4.74 Å². The molecule has 0 spiro atoms. The summed E-state index contributed by atoms with van der Waals surface area (Å²) in [7, 11) is 0. The molecule has 1 aromatic carbocycles. The monoisotopic (exact) mass is 272 g/mol. The molecule has 1 aliphatic carbocycles. The van der Waals surface area contributed by atoms with Crippen LogP contribution in [0.15, 0.2) is 36.7 Å². The molecule has 2 aromatic rings. The first-order chi connectivity index (χ1) is 9.70. The van der Waals surface area contributed by atoms with E-state index in [0.29, 0.717) is 18.6 Å². The van der Waals surface area contributed by atoms with E-state index in [0.717, 1.165) is 11.1 Å². The zero-order valence-corrected chi connectivity index (χ0v) is 11.2. The Labute approximate surface area is 116 Å². The number of nitrogens with zero attached hydrogens (tertiary/aromatic N) is 2. The SMILES string of the molecule is CCOC(=O)c1cnn(C2c3ccccc3CC2O)c1. The number of rotatable bonds is 3. The van der Waals surface area contributed by atoms with Gasteiger partial charge >= 0.3 is 5.97 Å². The summed E-state index contributed by atoms with van der Waals surface area (Å²) in [5.74, 6) is -0.389. The van der Waals surface area contributed by atoms with E-state index in [1.54, 1.807) is 17.8 Å². The smallest absolute Gasteiger partial charge is 0.341 e. The predicted octanol–water partition coefficient (Wildman–Crippen LogP) is 1.57. The summed E-state index contributed by atoms with van der Waals surface area (Å²) in [6, 6.07) is 7.66. The van der Waals surface area contributed by atoms with Gasteiger partial charge in [-0.3, -0.25) is 4.68 Å². The maximum Gasteiger partial charge on any atom is 0.341 e. The van der Waals surface area contributed by atoms with Crippen LogP contribution in [-0.2, 0) is 11.2 Å². The van der Waals surface area contributed by atoms with Gasteiger partial charge in [0.15, 0.2) is 0 Å². The third kappa shape index (κ3) is 2.10. The van der Waals surface area contributed by atoms with Gasteiger partial charge in [0, 0.05) is 12.6 Å². The maximum atomic E-state index is 11.7. The second-order valence-electron chi connectivity index (χ2n) is 4.84. The molecule has 2 unspecified atom stereocenters. The minimum absolute atomic E-state index is 0.241. The number of ether oxygens (including phenoxy) is 1. The second-order valence-corrected chi connectivity index (χ2v) is 4.84. The molecule has 20 heavy (non-hydrogen) atoms. The van der Waals surface area contributed by atoms with Crippen LogP contribution in [-0.4, -0.2) is 33.6 Å². The van der Waals surface area contributed by atoms with Crippen LogP contribution in [0.4, 0.5) is 0 Å². The van der Waals surface area contributed by atoms with Gasteiger partial charge in [0.1, 0.15) is 6.04 Å². The Morgan fingerprint density at radius 3 is 3.10 bits per heavy atom. The lowest BCUT2D eigenvalue weighted by Crippen LogP contribution is -2.21. The van der Waals surface area contributed by atoms with Gasteiger partial charge in [0.05, 0.1) is 24.5 Å². The van der Waals surface area contributed by atoms with E-state index in [9.17, 15) is 9.90 Å². The molecule has 1 aromatic heterocycles. The Morgan fingerprint density at radius 2 is 2.30 bits per heavy atom. The van der Waals surface area contributed by atoms with Gasteiger partial charge in [-0.1, -0.05) is 24.3 Å². The fourth-order valence-corrected chi connectivity index (χ4v) is 2.68. The van der Waals surface area contributed by atoms with E-state index in [2.05, 4.69) is 5.10 Å². The van der Waals surface area contributed by atoms with Crippen molar-refractivity contribution in [1.29, 1.82) is 0 Å². The number of aliphatic hydroxyl groups is 1. The number of aliphatic hydroxyl groups excluding tert-OH is 1. The maximum absolute atomic E-state index is 11.7. The minimum atomic E-state index is -0.526. The fourth-order valence-electron chi connectivity index (χ4n) is 2.68. The summed E-state index contributed by atoms with van der Waals surface area (Å²) < 4.78 is 6.59. The number of hydrogen-bond donors (Lipinski definition) is 1. The molecule has 0 amide bonds. The average Bonchev–Trinajstić information content (AvgIpc) is 3.01. The number of fused-ring (bicyclic) bond motifs is 1. The lowest BCUT2D eigenvalue weighted by molar-refractivity contribution is 0.0525. The van der Waals surface area contributed by atoms with Crippen LogP contribution < -0.4 is 0 Å². The van der Waals surface area contributed by atoms with E-state index in [1.165, 1.54) is 6.20 Å². The number of hydrogen-bond acceptors (Lipinski definition) is 4. The van der Waals surface area contributed by atoms with E-state index >= 15 is 0 Å². The molecule has 5 heteroatoms. The average molecular weight is 272 g/mol. The standard InChI is InChI=1S/C15H16N2O3/c1-2-20-15(19)11-8-16-17(9-11)14-12-6-4-3-5-10(12)7-13(14)18/h3-6,8-9,13-14,18H,2,7H2,1H3. The van der Waals surface area contributed by atoms with Crippen molar-refractivity contribution in [1.82, 2.24) is 9.78 Å². The molecule has 0 radical (unpaired) electrons. The van der Waals surface area contributed by atoms with Crippen LogP contribution in [0.25, 0.3) is 0 Å². The van der Waals surface area contributed by atoms with Crippen molar-refractivity contribution >= 4 is 5.97 Å². The minimum Gasteiger partial charge on any atom is -0.462 e. The Balaban J connectivity index is 1.92. The molecule has 0 saturated carbocycles. The third-order valence-corrected chi connectivity index (χ3v) is 3.56. The first kappa shape index (κ1) is 12.9. The van der Waals surface area contributed by atoms with Crippen LogP contribution in [0.1, 0.15) is 34.5 Å². The Hall–Kier alpha value is -2.14. The summed E-state index contributed by atoms with van der Waals surface area (Å²) in [4.78, 5) is 11.7. The molecule has 2 atom stereocenters. The molecule has 0 saturated heterocycles. The third-order valence-electron chi connectivity index (χ3n) is 3.56. The van der Waals surface area contributed by atoms with E-state index in [1.807, 2.05) is 24.3 Å². The summed E-state index contributed by atoms with van der Waals surface area (Å²) in [6.07, 6.45) is 3.19. The zero-order chi connectivity index (χ0) is 14.1. The molecule has 0 fully saturated rings. The van der Waals surface area contributed by atoms with E-state index in [-0.39, 0.29) is 12.0 Å². The number of carbonyl (C=O) groups is 1. The largest absolute Gasteiger partial charge is 0.462 e. The highest BCUT2D eigenvalue weighted by Gasteiger charge is 2.33. The molecule has 3 rings (SSSR count). The van der Waals surface area contributed by atoms with Crippen LogP contribution in [0, 0.1) is 0 Å². The van der Waals surface area contributed by atoms with E-state index < -0.39 is 6.10 Å². The van der Waals surface area contributed by atoms with Crippen molar-refractivity contribution < 1.29 is 14.6 Å². The molecule has 0 aliphatic heterocycles. The Bertz CT molecular complexity index is 636. The van der Waals surface area contributed by atoms with Crippen molar-refractivity contribution in [2.45, 2.75) is 25.5 Å². The molecular formula is C15H16N2O3. The number of aromatic nitrogens is 2. The fraction of sp³-hybridized carbons (Fsp3) is 0.333. The highest BCUT2D eigenvalue weighted by atomic mass is 16.5. The van der Waals surface area contributed by atoms with Crippen LogP contribution in [0.5, 0.6) is 0 Å². The predicted molar refractivity (Wildman–Crippen MR) is 72.5 cm³/mol. The molecule has 5 nitrogen and oxygen atoms in total. The molecule has 0 bridgehead atoms. The second kappa shape index (κ2) is 5.09. The number of benzene rings is 1. The summed E-state index contributed by atoms with van der Waals surface area (Å²) in [6.45, 7) is 2.10. The van der Waals surface area contributed by atoms with Crippen molar-refractivity contribution in [2.75, 3.05) is 6.61 Å². The van der Waals surface area contributed by atoms with Gasteiger partial charge in [-0.05, 0) is 18.1 Å². The quantitative estimate of drug-likeness (QED) is 0.861. The van der Waals surface area contributed by atoms with Crippen LogP contribution in [0.3, 0.4) is 0 Å². The first-order valence-corrected chi connectivity index (χ1v) is 6.68. The lowest BCUT2D eigenvalue weighted by atomic mass is 10.1. The number of esters is 1. The van der Waals surface area contributed by atoms with Crippen molar-refractivity contribution in [3.05, 3.63) is 53.3 Å². The topological polar surface area (TPSA) is 64.3 Å². The van der Waals surface area contributed by atoms with Crippen molar-refractivity contribution in [3.63, 3.8) is 0 Å². The Morgan fingerprint density at radius 1 is 1.50 bits per heavy atom. The highest BCUT2D eigenvalue weighted by Crippen LogP contribution is 2.34. The first-order valence-electron chi connectivity index (χ1n) is 6.68. The van der Waals surface area contributed by atoms with Gasteiger partial charge in [-0.25, -0.2) is 4.79 Å². The van der Waals surface area contributed by atoms with Gasteiger partial charge in [0.2, 0.25) is 0 Å². The van der Waals surface area contributed by atoms with Crippen LogP contribution in [0.2, 0.25) is 0 Å². The Kier molecular flexibility index (Phi) is 3.28. The zero-order valence-electron chi connectivity index (χ0n) is 11.2. The van der Waals surface area contributed by atoms with Gasteiger partial charge in [-0.15, -0.1) is 0 Å². The summed E-state index contributed by atoms with van der Waals surface area (Å²) in [5.41, 5.74) is 2.58. The highest BCUT2D eigenvalue weighted by molar-refractivity contribution is 5.88. The lowest BCUT2D eigenvalue weighted by Gasteiger charge is -2.16. The molecule has 1 N–H and O–H groups in total. The van der Waals surface area contributed by atoms with Gasteiger partial charge < -0.3 is 9.84 Å². The normalized spacial score (nSPS) is 20.7. The van der Waals surface area contributed by atoms with Gasteiger partial charge in [-0.2, -0.15) is 5.10 Å². The van der Waals surface area contributed by atoms with Gasteiger partial charge in [0.25, 0.3) is 0 Å². The molecule has 1 heterocycles. The molecular weight excluding hydrogens is 256 g/mol.